The summed E-state index contributed by atoms with van der Waals surface area (Å²) in [6.45, 7) is 4.38. The van der Waals surface area contributed by atoms with Crippen molar-refractivity contribution in [3.8, 4) is 0 Å². The minimum absolute atomic E-state index is 0.0925. The second-order valence-corrected chi connectivity index (χ2v) is 4.68. The van der Waals surface area contributed by atoms with Crippen LogP contribution >= 0.6 is 0 Å². The normalized spacial score (nSPS) is 12.1. The first-order valence-corrected chi connectivity index (χ1v) is 6.47. The Hall–Kier alpha value is -2.27. The van der Waals surface area contributed by atoms with E-state index in [1.165, 1.54) is 6.07 Å². The molecule has 1 N–H and O–H groups in total. The van der Waals surface area contributed by atoms with E-state index in [2.05, 4.69) is 10.3 Å². The second kappa shape index (κ2) is 6.25. The monoisotopic (exact) mass is 271 g/mol. The van der Waals surface area contributed by atoms with E-state index in [-0.39, 0.29) is 16.7 Å². The number of rotatable bonds is 5. The minimum atomic E-state index is -0.346. The van der Waals surface area contributed by atoms with Gasteiger partial charge in [-0.1, -0.05) is 18.2 Å². The van der Waals surface area contributed by atoms with Gasteiger partial charge in [-0.05, 0) is 31.5 Å². The molecule has 1 heterocycles. The average molecular weight is 271 g/mol. The summed E-state index contributed by atoms with van der Waals surface area (Å²) in [5.41, 5.74) is 2.76. The van der Waals surface area contributed by atoms with Crippen LogP contribution in [0, 0.1) is 17.0 Å². The maximum absolute atomic E-state index is 10.9. The molecule has 0 amide bonds. The molecule has 5 heteroatoms. The highest BCUT2D eigenvalue weighted by Gasteiger charge is 2.13. The summed E-state index contributed by atoms with van der Waals surface area (Å²) in [6.07, 6.45) is 1.76. The molecule has 104 valence electrons. The first kappa shape index (κ1) is 14.1. The van der Waals surface area contributed by atoms with Crippen molar-refractivity contribution in [1.82, 2.24) is 10.3 Å². The Morgan fingerprint density at radius 2 is 2.10 bits per heavy atom. The van der Waals surface area contributed by atoms with Crippen molar-refractivity contribution < 1.29 is 4.92 Å². The highest BCUT2D eigenvalue weighted by atomic mass is 16.6. The van der Waals surface area contributed by atoms with Gasteiger partial charge in [0.25, 0.3) is 5.69 Å². The molecule has 2 rings (SSSR count). The second-order valence-electron chi connectivity index (χ2n) is 4.68. The molecule has 0 saturated carbocycles. The Bertz CT molecular complexity index is 599. The van der Waals surface area contributed by atoms with Crippen LogP contribution < -0.4 is 5.32 Å². The molecule has 1 aromatic carbocycles. The molecule has 0 saturated heterocycles. The lowest BCUT2D eigenvalue weighted by Crippen LogP contribution is -2.19. The lowest BCUT2D eigenvalue weighted by Gasteiger charge is -2.14. The summed E-state index contributed by atoms with van der Waals surface area (Å²) in [5.74, 6) is 0. The van der Waals surface area contributed by atoms with Gasteiger partial charge in [0.1, 0.15) is 0 Å². The summed E-state index contributed by atoms with van der Waals surface area (Å²) in [5, 5.41) is 14.2. The molecule has 0 aliphatic rings. The molecule has 20 heavy (non-hydrogen) atoms. The Kier molecular flexibility index (Phi) is 4.42. The lowest BCUT2D eigenvalue weighted by molar-refractivity contribution is -0.385. The predicted octanol–water partition coefficient (Wildman–Crippen LogP) is 3.15. The smallest absolute Gasteiger partial charge is 0.272 e. The summed E-state index contributed by atoms with van der Waals surface area (Å²) in [7, 11) is 0. The van der Waals surface area contributed by atoms with Crippen LogP contribution in [0.4, 0.5) is 5.69 Å². The van der Waals surface area contributed by atoms with Gasteiger partial charge in [-0.3, -0.25) is 15.1 Å². The van der Waals surface area contributed by atoms with Crippen LogP contribution in [0.15, 0.2) is 42.6 Å². The molecule has 1 atom stereocenters. The van der Waals surface area contributed by atoms with Gasteiger partial charge in [0.05, 0.1) is 10.6 Å². The number of aromatic nitrogens is 1. The molecule has 0 fully saturated rings. The zero-order valence-electron chi connectivity index (χ0n) is 11.5. The maximum atomic E-state index is 10.9. The van der Waals surface area contributed by atoms with E-state index in [1.807, 2.05) is 31.2 Å². The molecular formula is C15H17N3O2. The van der Waals surface area contributed by atoms with Crippen LogP contribution in [0.2, 0.25) is 0 Å². The fourth-order valence-corrected chi connectivity index (χ4v) is 2.06. The van der Waals surface area contributed by atoms with E-state index >= 15 is 0 Å². The van der Waals surface area contributed by atoms with E-state index in [1.54, 1.807) is 19.2 Å². The number of hydrogen-bond donors (Lipinski definition) is 1. The highest BCUT2D eigenvalue weighted by molar-refractivity contribution is 5.44. The van der Waals surface area contributed by atoms with E-state index < -0.39 is 0 Å². The zero-order valence-corrected chi connectivity index (χ0v) is 11.5. The fourth-order valence-electron chi connectivity index (χ4n) is 2.06. The number of hydrogen-bond acceptors (Lipinski definition) is 4. The van der Waals surface area contributed by atoms with Crippen LogP contribution in [0.25, 0.3) is 0 Å². The largest absolute Gasteiger partial charge is 0.305 e. The number of nitro benzene ring substituents is 1. The third-order valence-electron chi connectivity index (χ3n) is 3.34. The van der Waals surface area contributed by atoms with Crippen molar-refractivity contribution in [2.45, 2.75) is 26.4 Å². The number of benzene rings is 1. The first-order valence-electron chi connectivity index (χ1n) is 6.47. The Morgan fingerprint density at radius 1 is 1.30 bits per heavy atom. The quantitative estimate of drug-likeness (QED) is 0.670. The summed E-state index contributed by atoms with van der Waals surface area (Å²) in [4.78, 5) is 14.9. The van der Waals surface area contributed by atoms with Crippen molar-refractivity contribution in [3.63, 3.8) is 0 Å². The van der Waals surface area contributed by atoms with Crippen LogP contribution in [-0.2, 0) is 6.54 Å². The molecule has 2 aromatic rings. The van der Waals surface area contributed by atoms with E-state index in [4.69, 9.17) is 0 Å². The van der Waals surface area contributed by atoms with Crippen LogP contribution in [0.1, 0.15) is 29.8 Å². The van der Waals surface area contributed by atoms with Gasteiger partial charge in [-0.15, -0.1) is 0 Å². The third kappa shape index (κ3) is 3.19. The fraction of sp³-hybridized carbons (Fsp3) is 0.267. The summed E-state index contributed by atoms with van der Waals surface area (Å²) < 4.78 is 0. The topological polar surface area (TPSA) is 68.1 Å². The van der Waals surface area contributed by atoms with Gasteiger partial charge < -0.3 is 5.32 Å². The molecule has 0 radical (unpaired) electrons. The van der Waals surface area contributed by atoms with Crippen molar-refractivity contribution >= 4 is 5.69 Å². The number of nitro groups is 1. The van der Waals surface area contributed by atoms with Crippen LogP contribution in [-0.4, -0.2) is 9.91 Å². The molecule has 0 bridgehead atoms. The Balaban J connectivity index is 2.08. The van der Waals surface area contributed by atoms with Crippen molar-refractivity contribution in [3.05, 3.63) is 69.5 Å². The van der Waals surface area contributed by atoms with Crippen LogP contribution in [0.3, 0.4) is 0 Å². The van der Waals surface area contributed by atoms with Crippen LogP contribution in [0.5, 0.6) is 0 Å². The zero-order chi connectivity index (χ0) is 14.5. The molecule has 0 aliphatic carbocycles. The molecule has 5 nitrogen and oxygen atoms in total. The molecular weight excluding hydrogens is 254 g/mol. The summed E-state index contributed by atoms with van der Waals surface area (Å²) >= 11 is 0. The Labute approximate surface area is 117 Å². The van der Waals surface area contributed by atoms with Crippen molar-refractivity contribution in [2.24, 2.45) is 0 Å². The maximum Gasteiger partial charge on any atom is 0.272 e. The molecule has 1 unspecified atom stereocenters. The van der Waals surface area contributed by atoms with Gasteiger partial charge in [-0.2, -0.15) is 0 Å². The minimum Gasteiger partial charge on any atom is -0.305 e. The molecule has 0 spiro atoms. The van der Waals surface area contributed by atoms with Crippen molar-refractivity contribution in [1.29, 1.82) is 0 Å². The summed E-state index contributed by atoms with van der Waals surface area (Å²) in [6, 6.07) is 11.0. The third-order valence-corrected chi connectivity index (χ3v) is 3.34. The molecule has 1 aromatic heterocycles. The van der Waals surface area contributed by atoms with E-state index in [9.17, 15) is 10.1 Å². The average Bonchev–Trinajstić information content (AvgIpc) is 2.46. The predicted molar refractivity (Wildman–Crippen MR) is 77.3 cm³/mol. The van der Waals surface area contributed by atoms with Gasteiger partial charge >= 0.3 is 0 Å². The van der Waals surface area contributed by atoms with Gasteiger partial charge in [-0.25, -0.2) is 0 Å². The standard InChI is InChI=1S/C15H17N3O2/c1-11-13(6-5-8-15(11)18(19)20)10-17-12(2)14-7-3-4-9-16-14/h3-9,12,17H,10H2,1-2H3. The highest BCUT2D eigenvalue weighted by Crippen LogP contribution is 2.21. The first-order chi connectivity index (χ1) is 9.59. The number of pyridine rings is 1. The van der Waals surface area contributed by atoms with Gasteiger partial charge in [0.15, 0.2) is 0 Å². The van der Waals surface area contributed by atoms with E-state index in [0.717, 1.165) is 11.3 Å². The molecule has 0 aliphatic heterocycles. The van der Waals surface area contributed by atoms with Gasteiger partial charge in [0, 0.05) is 30.4 Å². The van der Waals surface area contributed by atoms with E-state index in [0.29, 0.717) is 12.1 Å². The Morgan fingerprint density at radius 3 is 2.75 bits per heavy atom. The van der Waals surface area contributed by atoms with Crippen molar-refractivity contribution in [2.75, 3.05) is 0 Å². The lowest BCUT2D eigenvalue weighted by atomic mass is 10.1. The number of nitrogens with zero attached hydrogens (tertiary/aromatic N) is 2. The number of nitrogens with one attached hydrogen (secondary N) is 1. The van der Waals surface area contributed by atoms with Gasteiger partial charge in [0.2, 0.25) is 0 Å². The SMILES string of the molecule is Cc1c(CNC(C)c2ccccn2)cccc1[N+](=O)[O-].